The molecular formula is C30H43N3O5S. The average molecular weight is 558 g/mol. The molecule has 0 unspecified atom stereocenters. The van der Waals surface area contributed by atoms with Crippen molar-refractivity contribution in [1.82, 2.24) is 10.2 Å². The zero-order valence-electron chi connectivity index (χ0n) is 23.7. The normalized spacial score (nSPS) is 14.6. The van der Waals surface area contributed by atoms with Crippen LogP contribution in [-0.2, 0) is 26.2 Å². The third-order valence-electron chi connectivity index (χ3n) is 7.15. The van der Waals surface area contributed by atoms with Gasteiger partial charge < -0.3 is 15.0 Å². The molecule has 1 aliphatic rings. The van der Waals surface area contributed by atoms with Crippen molar-refractivity contribution in [2.45, 2.75) is 84.3 Å². The van der Waals surface area contributed by atoms with Crippen molar-refractivity contribution in [3.05, 3.63) is 59.7 Å². The fourth-order valence-corrected chi connectivity index (χ4v) is 6.07. The van der Waals surface area contributed by atoms with Crippen molar-refractivity contribution in [3.63, 3.8) is 0 Å². The Morgan fingerprint density at radius 3 is 2.33 bits per heavy atom. The number of carbonyl (C=O) groups excluding carboxylic acids is 2. The van der Waals surface area contributed by atoms with Crippen molar-refractivity contribution in [3.8, 4) is 5.75 Å². The highest BCUT2D eigenvalue weighted by Crippen LogP contribution is 2.30. The van der Waals surface area contributed by atoms with Crippen LogP contribution in [0.2, 0.25) is 0 Å². The molecule has 8 nitrogen and oxygen atoms in total. The van der Waals surface area contributed by atoms with E-state index in [1.807, 2.05) is 45.0 Å². The SMILES string of the molecule is CCOc1ccccc1N(CCCC(=O)N(Cc1ccc(C)cc1)[C@H](CC)C(=O)NC1CCCC1)S(C)(=O)=O. The lowest BCUT2D eigenvalue weighted by molar-refractivity contribution is -0.141. The summed E-state index contributed by atoms with van der Waals surface area (Å²) < 4.78 is 32.3. The second-order valence-corrected chi connectivity index (χ2v) is 12.2. The highest BCUT2D eigenvalue weighted by molar-refractivity contribution is 7.92. The minimum Gasteiger partial charge on any atom is -0.492 e. The van der Waals surface area contributed by atoms with Gasteiger partial charge in [-0.15, -0.1) is 0 Å². The topological polar surface area (TPSA) is 96.0 Å². The Kier molecular flexibility index (Phi) is 11.2. The molecule has 3 rings (SSSR count). The van der Waals surface area contributed by atoms with E-state index in [-0.39, 0.29) is 30.8 Å². The van der Waals surface area contributed by atoms with Gasteiger partial charge in [-0.1, -0.05) is 61.7 Å². The van der Waals surface area contributed by atoms with Crippen molar-refractivity contribution < 1.29 is 22.7 Å². The summed E-state index contributed by atoms with van der Waals surface area (Å²) in [4.78, 5) is 28.6. The van der Waals surface area contributed by atoms with Gasteiger partial charge in [0.25, 0.3) is 0 Å². The Labute approximate surface area is 233 Å². The third kappa shape index (κ3) is 8.71. The number of aryl methyl sites for hydroxylation is 1. The molecule has 0 aromatic heterocycles. The minimum absolute atomic E-state index is 0.113. The molecule has 2 aromatic carbocycles. The maximum Gasteiger partial charge on any atom is 0.243 e. The Hall–Kier alpha value is -3.07. The summed E-state index contributed by atoms with van der Waals surface area (Å²) in [6.45, 7) is 6.62. The lowest BCUT2D eigenvalue weighted by Crippen LogP contribution is -2.51. The number of para-hydroxylation sites is 2. The summed E-state index contributed by atoms with van der Waals surface area (Å²) in [7, 11) is -3.61. The van der Waals surface area contributed by atoms with Crippen LogP contribution in [0.5, 0.6) is 5.75 Å². The van der Waals surface area contributed by atoms with E-state index in [0.29, 0.717) is 37.4 Å². The Bertz CT molecular complexity index is 1190. The first-order valence-electron chi connectivity index (χ1n) is 14.0. The van der Waals surface area contributed by atoms with Gasteiger partial charge in [0.1, 0.15) is 11.8 Å². The second kappa shape index (κ2) is 14.4. The number of anilines is 1. The van der Waals surface area contributed by atoms with E-state index >= 15 is 0 Å². The third-order valence-corrected chi connectivity index (χ3v) is 8.33. The molecule has 1 N–H and O–H groups in total. The highest BCUT2D eigenvalue weighted by Gasteiger charge is 2.31. The van der Waals surface area contributed by atoms with Crippen LogP contribution in [0, 0.1) is 6.92 Å². The molecule has 39 heavy (non-hydrogen) atoms. The molecule has 0 saturated heterocycles. The van der Waals surface area contributed by atoms with Crippen LogP contribution in [0.3, 0.4) is 0 Å². The number of hydrogen-bond donors (Lipinski definition) is 1. The molecule has 0 aliphatic heterocycles. The van der Waals surface area contributed by atoms with Crippen molar-refractivity contribution >= 4 is 27.5 Å². The lowest BCUT2D eigenvalue weighted by atomic mass is 10.1. The lowest BCUT2D eigenvalue weighted by Gasteiger charge is -2.32. The Morgan fingerprint density at radius 2 is 1.72 bits per heavy atom. The van der Waals surface area contributed by atoms with Crippen LogP contribution in [0.1, 0.15) is 69.9 Å². The number of carbonyl (C=O) groups is 2. The summed E-state index contributed by atoms with van der Waals surface area (Å²) in [5.74, 6) is 0.191. The van der Waals surface area contributed by atoms with Gasteiger partial charge in [-0.3, -0.25) is 13.9 Å². The molecule has 2 amide bonds. The van der Waals surface area contributed by atoms with Crippen LogP contribution >= 0.6 is 0 Å². The Balaban J connectivity index is 1.77. The van der Waals surface area contributed by atoms with Crippen LogP contribution < -0.4 is 14.4 Å². The predicted molar refractivity (Wildman–Crippen MR) is 155 cm³/mol. The minimum atomic E-state index is -3.61. The van der Waals surface area contributed by atoms with Gasteiger partial charge in [-0.2, -0.15) is 0 Å². The van der Waals surface area contributed by atoms with Gasteiger partial charge in [0, 0.05) is 25.6 Å². The van der Waals surface area contributed by atoms with E-state index in [0.717, 1.165) is 43.1 Å². The molecule has 0 heterocycles. The number of hydrogen-bond acceptors (Lipinski definition) is 5. The summed E-state index contributed by atoms with van der Waals surface area (Å²) in [5.41, 5.74) is 2.52. The standard InChI is InChI=1S/C30H43N3O5S/c1-5-26(30(35)31-25-12-7-8-13-25)32(22-24-19-17-23(3)18-20-24)29(34)16-11-21-33(39(4,36)37)27-14-9-10-15-28(27)38-6-2/h9-10,14-15,17-20,25-26H,5-8,11-13,16,21-22H2,1-4H3,(H,31,35)/t26-/m1/s1. The van der Waals surface area contributed by atoms with Crippen LogP contribution in [-0.4, -0.2) is 56.6 Å². The zero-order chi connectivity index (χ0) is 28.4. The zero-order valence-corrected chi connectivity index (χ0v) is 24.5. The van der Waals surface area contributed by atoms with Gasteiger partial charge >= 0.3 is 0 Å². The quantitative estimate of drug-likeness (QED) is 0.360. The number of benzene rings is 2. The van der Waals surface area contributed by atoms with Crippen LogP contribution in [0.4, 0.5) is 5.69 Å². The maximum atomic E-state index is 13.6. The van der Waals surface area contributed by atoms with Crippen LogP contribution in [0.15, 0.2) is 48.5 Å². The molecule has 9 heteroatoms. The molecule has 0 spiro atoms. The van der Waals surface area contributed by atoms with Gasteiger partial charge in [0.2, 0.25) is 21.8 Å². The van der Waals surface area contributed by atoms with Gasteiger partial charge in [-0.25, -0.2) is 8.42 Å². The molecule has 1 atom stereocenters. The molecular weight excluding hydrogens is 514 g/mol. The molecule has 1 fully saturated rings. The number of nitrogens with one attached hydrogen (secondary N) is 1. The monoisotopic (exact) mass is 557 g/mol. The average Bonchev–Trinajstić information content (AvgIpc) is 3.40. The van der Waals surface area contributed by atoms with E-state index in [9.17, 15) is 18.0 Å². The molecule has 2 aromatic rings. The van der Waals surface area contributed by atoms with Gasteiger partial charge in [0.15, 0.2) is 0 Å². The first kappa shape index (κ1) is 30.5. The second-order valence-electron chi connectivity index (χ2n) is 10.3. The number of sulfonamides is 1. The van der Waals surface area contributed by atoms with E-state index in [1.165, 1.54) is 4.31 Å². The summed E-state index contributed by atoms with van der Waals surface area (Å²) in [5, 5.41) is 3.16. The maximum absolute atomic E-state index is 13.6. The molecule has 0 radical (unpaired) electrons. The van der Waals surface area contributed by atoms with E-state index < -0.39 is 16.1 Å². The van der Waals surface area contributed by atoms with Gasteiger partial charge in [0.05, 0.1) is 18.6 Å². The van der Waals surface area contributed by atoms with Gasteiger partial charge in [-0.05, 0) is 57.2 Å². The fourth-order valence-electron chi connectivity index (χ4n) is 5.10. The Morgan fingerprint density at radius 1 is 1.05 bits per heavy atom. The summed E-state index contributed by atoms with van der Waals surface area (Å²) >= 11 is 0. The number of ether oxygens (including phenoxy) is 1. The number of nitrogens with zero attached hydrogens (tertiary/aromatic N) is 2. The molecule has 1 aliphatic carbocycles. The highest BCUT2D eigenvalue weighted by atomic mass is 32.2. The predicted octanol–water partition coefficient (Wildman–Crippen LogP) is 4.81. The van der Waals surface area contributed by atoms with E-state index in [2.05, 4.69) is 5.32 Å². The molecule has 214 valence electrons. The number of amides is 2. The first-order chi connectivity index (χ1) is 18.6. The largest absolute Gasteiger partial charge is 0.492 e. The van der Waals surface area contributed by atoms with Crippen LogP contribution in [0.25, 0.3) is 0 Å². The van der Waals surface area contributed by atoms with Crippen molar-refractivity contribution in [2.24, 2.45) is 0 Å². The van der Waals surface area contributed by atoms with Crippen molar-refractivity contribution in [1.29, 1.82) is 0 Å². The first-order valence-corrected chi connectivity index (χ1v) is 15.8. The van der Waals surface area contributed by atoms with E-state index in [1.54, 1.807) is 29.2 Å². The summed E-state index contributed by atoms with van der Waals surface area (Å²) in [6, 6.07) is 14.5. The molecule has 0 bridgehead atoms. The number of rotatable bonds is 14. The fraction of sp³-hybridized carbons (Fsp3) is 0.533. The van der Waals surface area contributed by atoms with E-state index in [4.69, 9.17) is 4.74 Å². The molecule has 1 saturated carbocycles. The smallest absolute Gasteiger partial charge is 0.243 e. The summed E-state index contributed by atoms with van der Waals surface area (Å²) in [6.07, 6.45) is 6.22. The van der Waals surface area contributed by atoms with Crippen molar-refractivity contribution in [2.75, 3.05) is 23.7 Å².